The Hall–Kier alpha value is -1.67. The van der Waals surface area contributed by atoms with Crippen LogP contribution in [-0.2, 0) is 11.2 Å². The quantitative estimate of drug-likeness (QED) is 0.852. The van der Waals surface area contributed by atoms with Gasteiger partial charge in [0.1, 0.15) is 0 Å². The van der Waals surface area contributed by atoms with E-state index in [1.165, 1.54) is 16.7 Å². The van der Waals surface area contributed by atoms with E-state index in [9.17, 15) is 9.59 Å². The van der Waals surface area contributed by atoms with Crippen LogP contribution in [-0.4, -0.2) is 59.3 Å². The summed E-state index contributed by atoms with van der Waals surface area (Å²) in [5.74, 6) is -1.03. The first kappa shape index (κ1) is 15.7. The van der Waals surface area contributed by atoms with Crippen LogP contribution in [0.4, 0.5) is 4.79 Å². The van der Waals surface area contributed by atoms with Crippen LogP contribution in [0.1, 0.15) is 28.8 Å². The summed E-state index contributed by atoms with van der Waals surface area (Å²) in [6.07, 6.45) is 1.42. The van der Waals surface area contributed by atoms with Crippen LogP contribution in [0.25, 0.3) is 0 Å². The van der Waals surface area contributed by atoms with Crippen LogP contribution in [0.2, 0.25) is 0 Å². The number of likely N-dealkylation sites (N-methyl/N-ethyl adjacent to an activating group) is 1. The smallest absolute Gasteiger partial charge is 0.355 e. The molecule has 1 aliphatic rings. The van der Waals surface area contributed by atoms with Crippen LogP contribution in [0.3, 0.4) is 0 Å². The number of carboxylic acids is 1. The minimum Gasteiger partial charge on any atom is -0.476 e. The fourth-order valence-corrected chi connectivity index (χ4v) is 3.08. The molecule has 0 aliphatic carbocycles. The van der Waals surface area contributed by atoms with E-state index >= 15 is 0 Å². The van der Waals surface area contributed by atoms with E-state index in [0.29, 0.717) is 24.6 Å². The van der Waals surface area contributed by atoms with Crippen molar-refractivity contribution in [1.29, 1.82) is 0 Å². The van der Waals surface area contributed by atoms with Crippen molar-refractivity contribution in [3.8, 4) is 0 Å². The number of aromatic carboxylic acids is 1. The summed E-state index contributed by atoms with van der Waals surface area (Å²) < 4.78 is 5.45. The van der Waals surface area contributed by atoms with Gasteiger partial charge in [0.2, 0.25) is 0 Å². The zero-order valence-electron chi connectivity index (χ0n) is 12.0. The highest BCUT2D eigenvalue weighted by atomic mass is 32.1. The van der Waals surface area contributed by atoms with Crippen LogP contribution < -0.4 is 5.32 Å². The number of amides is 2. The highest BCUT2D eigenvalue weighted by molar-refractivity contribution is 7.09. The number of carbonyl (C=O) groups is 2. The topological polar surface area (TPSA) is 91.8 Å². The number of carbonyl (C=O) groups excluding carboxylic acids is 1. The molecule has 1 aromatic heterocycles. The van der Waals surface area contributed by atoms with E-state index in [0.717, 1.165) is 6.42 Å². The first-order valence-corrected chi connectivity index (χ1v) is 7.67. The van der Waals surface area contributed by atoms with Crippen molar-refractivity contribution in [2.24, 2.45) is 0 Å². The third-order valence-electron chi connectivity index (χ3n) is 3.54. The maximum atomic E-state index is 12.0. The molecular weight excluding hydrogens is 294 g/mol. The van der Waals surface area contributed by atoms with Gasteiger partial charge in [-0.1, -0.05) is 0 Å². The highest BCUT2D eigenvalue weighted by Crippen LogP contribution is 2.18. The minimum absolute atomic E-state index is 0.0513. The predicted molar refractivity (Wildman–Crippen MR) is 77.8 cm³/mol. The van der Waals surface area contributed by atoms with E-state index in [-0.39, 0.29) is 23.9 Å². The van der Waals surface area contributed by atoms with Crippen molar-refractivity contribution in [2.75, 3.05) is 20.2 Å². The first-order chi connectivity index (χ1) is 9.99. The largest absolute Gasteiger partial charge is 0.476 e. The number of urea groups is 1. The van der Waals surface area contributed by atoms with Gasteiger partial charge in [-0.3, -0.25) is 0 Å². The lowest BCUT2D eigenvalue weighted by atomic mass is 10.1. The molecule has 1 fully saturated rings. The molecule has 2 rings (SSSR count). The molecule has 8 heteroatoms. The molecule has 0 aromatic carbocycles. The number of aromatic nitrogens is 1. The third-order valence-corrected chi connectivity index (χ3v) is 4.45. The first-order valence-electron chi connectivity index (χ1n) is 6.79. The summed E-state index contributed by atoms with van der Waals surface area (Å²) in [6.45, 7) is 3.07. The number of thiazole rings is 1. The molecule has 2 atom stereocenters. The second-order valence-corrected chi connectivity index (χ2v) is 5.90. The van der Waals surface area contributed by atoms with Crippen molar-refractivity contribution in [3.63, 3.8) is 0 Å². The molecule has 116 valence electrons. The zero-order chi connectivity index (χ0) is 15.4. The molecule has 2 unspecified atom stereocenters. The Morgan fingerprint density at radius 2 is 2.38 bits per heavy atom. The minimum atomic E-state index is -1.03. The molecule has 0 spiro atoms. The molecule has 7 nitrogen and oxygen atoms in total. The molecule has 1 aliphatic heterocycles. The fraction of sp³-hybridized carbons (Fsp3) is 0.615. The number of nitrogens with zero attached hydrogens (tertiary/aromatic N) is 2. The second-order valence-electron chi connectivity index (χ2n) is 4.96. The van der Waals surface area contributed by atoms with Crippen LogP contribution >= 0.6 is 11.3 Å². The second kappa shape index (κ2) is 6.86. The Labute approximate surface area is 126 Å². The van der Waals surface area contributed by atoms with Crippen LogP contribution in [0.15, 0.2) is 5.38 Å². The van der Waals surface area contributed by atoms with Gasteiger partial charge in [0.15, 0.2) is 5.69 Å². The van der Waals surface area contributed by atoms with Crippen molar-refractivity contribution in [3.05, 3.63) is 16.1 Å². The number of hydrogen-bond donors (Lipinski definition) is 2. The lowest BCUT2D eigenvalue weighted by Gasteiger charge is -2.26. The molecule has 0 saturated carbocycles. The summed E-state index contributed by atoms with van der Waals surface area (Å²) >= 11 is 1.29. The van der Waals surface area contributed by atoms with Gasteiger partial charge in [0, 0.05) is 32.0 Å². The number of carboxylic acid groups (broad SMARTS) is 1. The average molecular weight is 313 g/mol. The van der Waals surface area contributed by atoms with Gasteiger partial charge in [0.25, 0.3) is 0 Å². The molecule has 1 aromatic rings. The maximum absolute atomic E-state index is 12.0. The molecule has 0 bridgehead atoms. The lowest BCUT2D eigenvalue weighted by Crippen LogP contribution is -2.46. The van der Waals surface area contributed by atoms with Crippen molar-refractivity contribution < 1.29 is 19.4 Å². The summed E-state index contributed by atoms with van der Waals surface area (Å²) in [5, 5.41) is 13.8. The molecule has 1 saturated heterocycles. The van der Waals surface area contributed by atoms with E-state index in [1.807, 2.05) is 6.92 Å². The van der Waals surface area contributed by atoms with Gasteiger partial charge < -0.3 is 20.1 Å². The SMILES string of the molecule is CC1OCCC1N(C)C(=O)NCCc1nc(C(=O)O)cs1. The molecule has 2 N–H and O–H groups in total. The van der Waals surface area contributed by atoms with Gasteiger partial charge in [-0.25, -0.2) is 14.6 Å². The van der Waals surface area contributed by atoms with Crippen LogP contribution in [0, 0.1) is 0 Å². The van der Waals surface area contributed by atoms with Gasteiger partial charge in [-0.05, 0) is 13.3 Å². The van der Waals surface area contributed by atoms with Crippen molar-refractivity contribution in [2.45, 2.75) is 31.9 Å². The predicted octanol–water partition coefficient (Wildman–Crippen LogP) is 1.20. The van der Waals surface area contributed by atoms with E-state index in [2.05, 4.69) is 10.3 Å². The molecule has 0 radical (unpaired) electrons. The highest BCUT2D eigenvalue weighted by Gasteiger charge is 2.30. The lowest BCUT2D eigenvalue weighted by molar-refractivity contribution is 0.0691. The Morgan fingerprint density at radius 1 is 1.62 bits per heavy atom. The van der Waals surface area contributed by atoms with E-state index in [1.54, 1.807) is 11.9 Å². The number of nitrogens with one attached hydrogen (secondary N) is 1. The van der Waals surface area contributed by atoms with Gasteiger partial charge in [-0.15, -0.1) is 11.3 Å². The Kier molecular flexibility index (Phi) is 5.13. The average Bonchev–Trinajstić information content (AvgIpc) is 3.06. The number of rotatable bonds is 5. The monoisotopic (exact) mass is 313 g/mol. The zero-order valence-corrected chi connectivity index (χ0v) is 12.9. The Morgan fingerprint density at radius 3 is 2.95 bits per heavy atom. The maximum Gasteiger partial charge on any atom is 0.355 e. The van der Waals surface area contributed by atoms with E-state index in [4.69, 9.17) is 9.84 Å². The Bertz CT molecular complexity index is 519. The molecular formula is C13H19N3O4S. The third kappa shape index (κ3) is 3.92. The normalized spacial score (nSPS) is 21.2. The fourth-order valence-electron chi connectivity index (χ4n) is 2.30. The summed E-state index contributed by atoms with van der Waals surface area (Å²) in [6, 6.07) is -0.0455. The Balaban J connectivity index is 1.77. The molecule has 2 heterocycles. The van der Waals surface area contributed by atoms with Gasteiger partial charge >= 0.3 is 12.0 Å². The number of ether oxygens (including phenoxy) is 1. The summed E-state index contributed by atoms with van der Waals surface area (Å²) in [5.41, 5.74) is 0.0513. The molecule has 2 amide bonds. The van der Waals surface area contributed by atoms with Crippen molar-refractivity contribution >= 4 is 23.3 Å². The van der Waals surface area contributed by atoms with Gasteiger partial charge in [0.05, 0.1) is 17.2 Å². The molecule has 21 heavy (non-hydrogen) atoms. The number of hydrogen-bond acceptors (Lipinski definition) is 5. The van der Waals surface area contributed by atoms with Gasteiger partial charge in [-0.2, -0.15) is 0 Å². The summed E-state index contributed by atoms with van der Waals surface area (Å²) in [7, 11) is 1.76. The van der Waals surface area contributed by atoms with Crippen LogP contribution in [0.5, 0.6) is 0 Å². The van der Waals surface area contributed by atoms with E-state index < -0.39 is 5.97 Å². The van der Waals surface area contributed by atoms with Crippen molar-refractivity contribution in [1.82, 2.24) is 15.2 Å². The summed E-state index contributed by atoms with van der Waals surface area (Å²) in [4.78, 5) is 28.4. The standard InChI is InChI=1S/C13H19N3O4S/c1-8-10(4-6-20-8)16(2)13(19)14-5-3-11-15-9(7-21-11)12(17)18/h7-8,10H,3-6H2,1-2H3,(H,14,19)(H,17,18).